The minimum Gasteiger partial charge on any atom is -0.330 e. The molecule has 0 bridgehead atoms. The summed E-state index contributed by atoms with van der Waals surface area (Å²) in [7, 11) is 0. The van der Waals surface area contributed by atoms with E-state index in [0.29, 0.717) is 13.0 Å². The van der Waals surface area contributed by atoms with E-state index < -0.39 is 0 Å². The first-order valence-corrected chi connectivity index (χ1v) is 7.51. The molecule has 1 aromatic heterocycles. The van der Waals surface area contributed by atoms with Crippen LogP contribution in [0.2, 0.25) is 0 Å². The van der Waals surface area contributed by atoms with Crippen LogP contribution in [0.1, 0.15) is 18.4 Å². The van der Waals surface area contributed by atoms with Crippen molar-refractivity contribution in [2.24, 2.45) is 11.7 Å². The number of benzene rings is 1. The normalized spacial score (nSPS) is 12.2. The molecule has 1 aromatic carbocycles. The molecule has 1 unspecified atom stereocenters. The molecule has 0 spiro atoms. The number of aromatic nitrogens is 1. The average molecular weight is 289 g/mol. The van der Waals surface area contributed by atoms with Gasteiger partial charge < -0.3 is 11.1 Å². The Morgan fingerprint density at radius 1 is 1.40 bits per heavy atom. The Morgan fingerprint density at radius 2 is 2.10 bits per heavy atom. The molecule has 2 aromatic rings. The first-order valence-electron chi connectivity index (χ1n) is 6.63. The summed E-state index contributed by atoms with van der Waals surface area (Å²) in [5.41, 5.74) is 8.29. The number of amides is 1. The third kappa shape index (κ3) is 3.65. The fourth-order valence-electron chi connectivity index (χ4n) is 1.87. The van der Waals surface area contributed by atoms with Crippen molar-refractivity contribution in [1.29, 1.82) is 0 Å². The number of carbonyl (C=O) groups is 1. The van der Waals surface area contributed by atoms with E-state index in [1.165, 1.54) is 0 Å². The fraction of sp³-hybridized carbons (Fsp3) is 0.333. The van der Waals surface area contributed by atoms with Gasteiger partial charge in [0.15, 0.2) is 0 Å². The van der Waals surface area contributed by atoms with Crippen LogP contribution in [0.25, 0.3) is 11.3 Å². The SMILES string of the molecule is Cc1nc(-c2ccc(NC(=O)C(C)CCN)cc2)cs1. The zero-order valence-corrected chi connectivity index (χ0v) is 12.5. The molecule has 2 rings (SSSR count). The zero-order valence-electron chi connectivity index (χ0n) is 11.7. The second-order valence-corrected chi connectivity index (χ2v) is 5.86. The lowest BCUT2D eigenvalue weighted by Gasteiger charge is -2.11. The minimum atomic E-state index is -0.0686. The van der Waals surface area contributed by atoms with Crippen LogP contribution in [-0.2, 0) is 4.79 Å². The van der Waals surface area contributed by atoms with E-state index in [4.69, 9.17) is 5.73 Å². The number of hydrogen-bond donors (Lipinski definition) is 2. The van der Waals surface area contributed by atoms with Crippen molar-refractivity contribution in [2.45, 2.75) is 20.3 Å². The maximum atomic E-state index is 11.9. The van der Waals surface area contributed by atoms with Gasteiger partial charge in [0, 0.05) is 22.5 Å². The molecule has 1 heterocycles. The number of thiazole rings is 1. The van der Waals surface area contributed by atoms with E-state index in [1.54, 1.807) is 11.3 Å². The molecular formula is C15H19N3OS. The van der Waals surface area contributed by atoms with Gasteiger partial charge in [0.2, 0.25) is 5.91 Å². The summed E-state index contributed by atoms with van der Waals surface area (Å²) < 4.78 is 0. The van der Waals surface area contributed by atoms with Crippen molar-refractivity contribution in [1.82, 2.24) is 4.98 Å². The van der Waals surface area contributed by atoms with E-state index in [2.05, 4.69) is 10.3 Å². The number of hydrogen-bond acceptors (Lipinski definition) is 4. The van der Waals surface area contributed by atoms with Crippen molar-refractivity contribution in [3.05, 3.63) is 34.7 Å². The van der Waals surface area contributed by atoms with E-state index in [9.17, 15) is 4.79 Å². The molecule has 0 aliphatic carbocycles. The minimum absolute atomic E-state index is 0.00713. The maximum absolute atomic E-state index is 11.9. The number of aryl methyl sites for hydroxylation is 1. The van der Waals surface area contributed by atoms with Gasteiger partial charge in [-0.3, -0.25) is 4.79 Å². The van der Waals surface area contributed by atoms with E-state index >= 15 is 0 Å². The largest absolute Gasteiger partial charge is 0.330 e. The van der Waals surface area contributed by atoms with E-state index in [0.717, 1.165) is 22.0 Å². The Hall–Kier alpha value is -1.72. The highest BCUT2D eigenvalue weighted by atomic mass is 32.1. The Morgan fingerprint density at radius 3 is 2.65 bits per heavy atom. The smallest absolute Gasteiger partial charge is 0.227 e. The van der Waals surface area contributed by atoms with Gasteiger partial charge >= 0.3 is 0 Å². The lowest BCUT2D eigenvalue weighted by molar-refractivity contribution is -0.119. The van der Waals surface area contributed by atoms with Gasteiger partial charge in [0.1, 0.15) is 0 Å². The van der Waals surface area contributed by atoms with Gasteiger partial charge in [0.25, 0.3) is 0 Å². The first kappa shape index (κ1) is 14.7. The van der Waals surface area contributed by atoms with Gasteiger partial charge in [-0.25, -0.2) is 4.98 Å². The molecule has 0 aliphatic heterocycles. The summed E-state index contributed by atoms with van der Waals surface area (Å²) in [6.45, 7) is 4.40. The summed E-state index contributed by atoms with van der Waals surface area (Å²) in [4.78, 5) is 16.3. The molecule has 3 N–H and O–H groups in total. The van der Waals surface area contributed by atoms with E-state index in [-0.39, 0.29) is 11.8 Å². The van der Waals surface area contributed by atoms with Gasteiger partial charge in [-0.2, -0.15) is 0 Å². The van der Waals surface area contributed by atoms with Crippen LogP contribution in [0.3, 0.4) is 0 Å². The molecule has 20 heavy (non-hydrogen) atoms. The third-order valence-electron chi connectivity index (χ3n) is 3.11. The summed E-state index contributed by atoms with van der Waals surface area (Å²) in [5, 5.41) is 5.98. The monoisotopic (exact) mass is 289 g/mol. The highest BCUT2D eigenvalue weighted by molar-refractivity contribution is 7.09. The Kier molecular flexibility index (Phi) is 4.87. The molecule has 0 saturated carbocycles. The molecule has 106 valence electrons. The average Bonchev–Trinajstić information content (AvgIpc) is 2.86. The van der Waals surface area contributed by atoms with Gasteiger partial charge in [0.05, 0.1) is 10.7 Å². The van der Waals surface area contributed by atoms with Gasteiger partial charge in [-0.15, -0.1) is 11.3 Å². The van der Waals surface area contributed by atoms with Crippen molar-refractivity contribution in [2.75, 3.05) is 11.9 Å². The first-order chi connectivity index (χ1) is 9.60. The number of nitrogens with one attached hydrogen (secondary N) is 1. The van der Waals surface area contributed by atoms with E-state index in [1.807, 2.05) is 43.5 Å². The molecule has 0 radical (unpaired) electrons. The number of nitrogens with two attached hydrogens (primary N) is 1. The quantitative estimate of drug-likeness (QED) is 0.889. The Balaban J connectivity index is 2.03. The standard InChI is InChI=1S/C15H19N3OS/c1-10(7-8-16)15(19)18-13-5-3-12(4-6-13)14-9-20-11(2)17-14/h3-6,9-10H,7-8,16H2,1-2H3,(H,18,19). The second kappa shape index (κ2) is 6.63. The number of anilines is 1. The van der Waals surface area contributed by atoms with Crippen molar-refractivity contribution in [3.8, 4) is 11.3 Å². The summed E-state index contributed by atoms with van der Waals surface area (Å²) >= 11 is 1.63. The Labute approximate surface area is 123 Å². The Bertz CT molecular complexity index is 577. The second-order valence-electron chi connectivity index (χ2n) is 4.80. The topological polar surface area (TPSA) is 68.0 Å². The van der Waals surface area contributed by atoms with Crippen molar-refractivity contribution >= 4 is 22.9 Å². The summed E-state index contributed by atoms with van der Waals surface area (Å²) in [5.74, 6) is -0.0615. The van der Waals surface area contributed by atoms with Crippen LogP contribution < -0.4 is 11.1 Å². The molecule has 1 atom stereocenters. The molecule has 0 aliphatic rings. The third-order valence-corrected chi connectivity index (χ3v) is 3.89. The maximum Gasteiger partial charge on any atom is 0.227 e. The number of rotatable bonds is 5. The van der Waals surface area contributed by atoms with Crippen molar-refractivity contribution < 1.29 is 4.79 Å². The van der Waals surface area contributed by atoms with Crippen LogP contribution >= 0.6 is 11.3 Å². The zero-order chi connectivity index (χ0) is 14.5. The van der Waals surface area contributed by atoms with Gasteiger partial charge in [-0.1, -0.05) is 19.1 Å². The highest BCUT2D eigenvalue weighted by Gasteiger charge is 2.12. The van der Waals surface area contributed by atoms with Crippen LogP contribution in [0, 0.1) is 12.8 Å². The fourth-order valence-corrected chi connectivity index (χ4v) is 2.49. The summed E-state index contributed by atoms with van der Waals surface area (Å²) in [6.07, 6.45) is 0.696. The molecule has 1 amide bonds. The number of carbonyl (C=O) groups excluding carboxylic acids is 1. The van der Waals surface area contributed by atoms with Crippen molar-refractivity contribution in [3.63, 3.8) is 0 Å². The summed E-state index contributed by atoms with van der Waals surface area (Å²) in [6, 6.07) is 7.74. The molecule has 0 saturated heterocycles. The lowest BCUT2D eigenvalue weighted by atomic mass is 10.1. The van der Waals surface area contributed by atoms with Gasteiger partial charge in [-0.05, 0) is 32.0 Å². The van der Waals surface area contributed by atoms with Crippen LogP contribution in [0.15, 0.2) is 29.6 Å². The lowest BCUT2D eigenvalue weighted by Crippen LogP contribution is -2.22. The molecule has 4 nitrogen and oxygen atoms in total. The predicted molar refractivity (Wildman–Crippen MR) is 83.8 cm³/mol. The predicted octanol–water partition coefficient (Wildman–Crippen LogP) is 3.04. The van der Waals surface area contributed by atoms with Crippen LogP contribution in [0.5, 0.6) is 0 Å². The molecular weight excluding hydrogens is 270 g/mol. The van der Waals surface area contributed by atoms with Crippen LogP contribution in [-0.4, -0.2) is 17.4 Å². The van der Waals surface area contributed by atoms with Crippen LogP contribution in [0.4, 0.5) is 5.69 Å². The number of nitrogens with zero attached hydrogens (tertiary/aromatic N) is 1. The molecule has 5 heteroatoms. The molecule has 0 fully saturated rings. The highest BCUT2D eigenvalue weighted by Crippen LogP contribution is 2.23.